The van der Waals surface area contributed by atoms with Crippen LogP contribution in [-0.2, 0) is 11.2 Å². The summed E-state index contributed by atoms with van der Waals surface area (Å²) in [6.07, 6.45) is 3.77. The number of nitrogens with zero attached hydrogens (tertiary/aromatic N) is 2. The number of aromatic carboxylic acids is 1. The first kappa shape index (κ1) is 22.4. The summed E-state index contributed by atoms with van der Waals surface area (Å²) in [4.78, 5) is 14.1. The number of benzene rings is 2. The summed E-state index contributed by atoms with van der Waals surface area (Å²) in [7, 11) is 1.67. The van der Waals surface area contributed by atoms with Gasteiger partial charge >= 0.3 is 11.8 Å². The van der Waals surface area contributed by atoms with Crippen LogP contribution in [0.2, 0.25) is 0 Å². The Bertz CT molecular complexity index is 1090. The van der Waals surface area contributed by atoms with E-state index in [1.165, 1.54) is 17.4 Å². The molecule has 4 N–H and O–H groups in total. The molecule has 1 heterocycles. The molecule has 32 heavy (non-hydrogen) atoms. The van der Waals surface area contributed by atoms with Crippen molar-refractivity contribution in [1.29, 1.82) is 0 Å². The fourth-order valence-corrected chi connectivity index (χ4v) is 4.49. The van der Waals surface area contributed by atoms with Crippen LogP contribution in [0.3, 0.4) is 0 Å². The van der Waals surface area contributed by atoms with Crippen molar-refractivity contribution >= 4 is 28.8 Å². The van der Waals surface area contributed by atoms with Crippen LogP contribution >= 0.6 is 11.3 Å². The number of quaternary nitrogens is 1. The number of methoxy groups -OCH3 is 1. The Hall–Kier alpha value is -2.82. The normalized spacial score (nSPS) is 14.2. The van der Waals surface area contributed by atoms with Gasteiger partial charge in [-0.3, -0.25) is 0 Å². The number of thiazole rings is 1. The van der Waals surface area contributed by atoms with E-state index in [4.69, 9.17) is 4.74 Å². The molecule has 1 aromatic heterocycles. The molecular formula is C23H26N3O5S+. The zero-order valence-corrected chi connectivity index (χ0v) is 18.5. The number of carbonyl (C=O) groups is 1. The molecule has 0 radical (unpaired) electrons. The SMILES string of the molecule is COCCc1ccc(-c2nc([N+](O)(O)Nc3ccc(C(=O)O)cc3C3CCC3)cs2)cc1. The lowest BCUT2D eigenvalue weighted by Gasteiger charge is -2.29. The first-order valence-corrected chi connectivity index (χ1v) is 11.3. The van der Waals surface area contributed by atoms with E-state index in [1.54, 1.807) is 24.6 Å². The van der Waals surface area contributed by atoms with Crippen molar-refractivity contribution < 1.29 is 25.1 Å². The Labute approximate surface area is 189 Å². The zero-order chi connectivity index (χ0) is 22.7. The lowest BCUT2D eigenvalue weighted by Crippen LogP contribution is -2.48. The fraction of sp³-hybridized carbons (Fsp3) is 0.304. The molecule has 0 aliphatic heterocycles. The molecule has 0 saturated heterocycles. The highest BCUT2D eigenvalue weighted by atomic mass is 32.1. The van der Waals surface area contributed by atoms with Gasteiger partial charge in [-0.2, -0.15) is 10.4 Å². The van der Waals surface area contributed by atoms with E-state index in [9.17, 15) is 20.3 Å². The van der Waals surface area contributed by atoms with E-state index >= 15 is 0 Å². The summed E-state index contributed by atoms with van der Waals surface area (Å²) in [5, 5.41) is 33.0. The number of hydrogen-bond donors (Lipinski definition) is 4. The van der Waals surface area contributed by atoms with E-state index in [-0.39, 0.29) is 17.3 Å². The monoisotopic (exact) mass is 456 g/mol. The summed E-state index contributed by atoms with van der Waals surface area (Å²) >= 11 is 1.31. The van der Waals surface area contributed by atoms with E-state index in [1.807, 2.05) is 24.3 Å². The van der Waals surface area contributed by atoms with Crippen molar-refractivity contribution in [2.45, 2.75) is 31.6 Å². The summed E-state index contributed by atoms with van der Waals surface area (Å²) < 4.78 is 5.10. The second-order valence-corrected chi connectivity index (χ2v) is 8.76. The summed E-state index contributed by atoms with van der Waals surface area (Å²) in [5.74, 6) is -0.794. The van der Waals surface area contributed by atoms with Gasteiger partial charge in [0.05, 0.1) is 23.2 Å². The van der Waals surface area contributed by atoms with E-state index < -0.39 is 10.9 Å². The molecule has 1 aliphatic rings. The smallest absolute Gasteiger partial charge is 0.335 e. The van der Waals surface area contributed by atoms with Crippen molar-refractivity contribution in [2.75, 3.05) is 19.1 Å². The molecule has 168 valence electrons. The van der Waals surface area contributed by atoms with Crippen molar-refractivity contribution in [1.82, 2.24) is 9.90 Å². The third-order valence-electron chi connectivity index (χ3n) is 5.73. The lowest BCUT2D eigenvalue weighted by atomic mass is 9.79. The van der Waals surface area contributed by atoms with Gasteiger partial charge in [-0.15, -0.1) is 21.8 Å². The minimum Gasteiger partial charge on any atom is -0.478 e. The Balaban J connectivity index is 1.55. The molecule has 8 nitrogen and oxygen atoms in total. The molecule has 9 heteroatoms. The van der Waals surface area contributed by atoms with Crippen LogP contribution < -0.4 is 10.3 Å². The second-order valence-electron chi connectivity index (χ2n) is 7.90. The molecule has 1 fully saturated rings. The van der Waals surface area contributed by atoms with Crippen molar-refractivity contribution in [3.8, 4) is 10.6 Å². The number of carboxylic acid groups (broad SMARTS) is 1. The highest BCUT2D eigenvalue weighted by Crippen LogP contribution is 2.41. The molecule has 3 aromatic rings. The molecule has 1 saturated carbocycles. The Kier molecular flexibility index (Phi) is 6.54. The molecular weight excluding hydrogens is 430 g/mol. The molecule has 4 rings (SSSR count). The topological polar surface area (TPSA) is 112 Å². The minimum atomic E-state index is -1.63. The van der Waals surface area contributed by atoms with Gasteiger partial charge in [-0.1, -0.05) is 30.7 Å². The summed E-state index contributed by atoms with van der Waals surface area (Å²) in [5.41, 5.74) is 6.15. The summed E-state index contributed by atoms with van der Waals surface area (Å²) in [6, 6.07) is 12.5. The van der Waals surface area contributed by atoms with E-state index in [2.05, 4.69) is 10.4 Å². The number of anilines is 1. The van der Waals surface area contributed by atoms with Crippen molar-refractivity contribution in [3.05, 3.63) is 64.5 Å². The molecule has 0 amide bonds. The van der Waals surface area contributed by atoms with Gasteiger partial charge in [0.2, 0.25) is 0 Å². The van der Waals surface area contributed by atoms with Crippen LogP contribution in [-0.4, -0.2) is 40.2 Å². The van der Waals surface area contributed by atoms with Crippen LogP contribution in [0.5, 0.6) is 0 Å². The van der Waals surface area contributed by atoms with Crippen LogP contribution in [0, 0.1) is 0 Å². The van der Waals surface area contributed by atoms with E-state index in [0.717, 1.165) is 42.4 Å². The average Bonchev–Trinajstić information content (AvgIpc) is 3.23. The molecule has 0 unspecified atom stereocenters. The minimum absolute atomic E-state index is 0.0235. The third kappa shape index (κ3) is 4.82. The van der Waals surface area contributed by atoms with Crippen LogP contribution in [0.25, 0.3) is 10.6 Å². The number of nitrogens with one attached hydrogen (secondary N) is 1. The number of aromatic nitrogens is 1. The highest BCUT2D eigenvalue weighted by Gasteiger charge is 2.34. The van der Waals surface area contributed by atoms with Gasteiger partial charge in [0.25, 0.3) is 0 Å². The molecule has 2 aromatic carbocycles. The van der Waals surface area contributed by atoms with Crippen molar-refractivity contribution in [3.63, 3.8) is 0 Å². The molecule has 1 aliphatic carbocycles. The maximum atomic E-state index is 11.4. The maximum absolute atomic E-state index is 11.4. The largest absolute Gasteiger partial charge is 0.478 e. The lowest BCUT2D eigenvalue weighted by molar-refractivity contribution is -0.274. The van der Waals surface area contributed by atoms with Crippen LogP contribution in [0.1, 0.15) is 46.7 Å². The average molecular weight is 457 g/mol. The quantitative estimate of drug-likeness (QED) is 0.262. The highest BCUT2D eigenvalue weighted by molar-refractivity contribution is 7.13. The van der Waals surface area contributed by atoms with Crippen LogP contribution in [0.15, 0.2) is 47.8 Å². The van der Waals surface area contributed by atoms with Crippen molar-refractivity contribution in [2.24, 2.45) is 0 Å². The first-order valence-electron chi connectivity index (χ1n) is 10.4. The number of hydrogen-bond acceptors (Lipinski definition) is 7. The van der Waals surface area contributed by atoms with Gasteiger partial charge < -0.3 is 9.84 Å². The first-order chi connectivity index (χ1) is 15.4. The zero-order valence-electron chi connectivity index (χ0n) is 17.7. The Morgan fingerprint density at radius 1 is 1.22 bits per heavy atom. The summed E-state index contributed by atoms with van der Waals surface area (Å²) in [6.45, 7) is 0.651. The van der Waals surface area contributed by atoms with E-state index in [0.29, 0.717) is 17.3 Å². The molecule has 0 atom stereocenters. The van der Waals surface area contributed by atoms with Gasteiger partial charge in [-0.25, -0.2) is 4.79 Å². The Morgan fingerprint density at radius 3 is 2.59 bits per heavy atom. The molecule has 0 spiro atoms. The second kappa shape index (κ2) is 9.35. The Morgan fingerprint density at radius 2 is 1.97 bits per heavy atom. The molecule has 0 bridgehead atoms. The van der Waals surface area contributed by atoms with Gasteiger partial charge in [0.1, 0.15) is 9.93 Å². The predicted molar refractivity (Wildman–Crippen MR) is 122 cm³/mol. The van der Waals surface area contributed by atoms with Gasteiger partial charge in [-0.05, 0) is 54.5 Å². The van der Waals surface area contributed by atoms with Gasteiger partial charge in [0.15, 0.2) is 0 Å². The third-order valence-corrected chi connectivity index (χ3v) is 6.61. The number of carboxylic acids is 1. The predicted octanol–water partition coefficient (Wildman–Crippen LogP) is 5.08. The number of ether oxygens (including phenoxy) is 1. The standard InChI is InChI=1S/C23H25N3O5S/c1-31-12-11-15-5-7-17(8-6-15)22-24-21(14-32-22)26(29,30)25-20-10-9-18(23(27)28)13-19(20)16-3-2-4-16/h5-10,13-14,16,25,29-30H,2-4,11-12H2,1H3/p+1. The number of rotatable bonds is 9. The maximum Gasteiger partial charge on any atom is 0.335 e. The van der Waals surface area contributed by atoms with Gasteiger partial charge in [0, 0.05) is 12.7 Å². The fourth-order valence-electron chi connectivity index (χ4n) is 3.65. The van der Waals surface area contributed by atoms with Crippen LogP contribution in [0.4, 0.5) is 11.5 Å².